The van der Waals surface area contributed by atoms with E-state index in [9.17, 15) is 8.42 Å². The molecule has 0 saturated carbocycles. The first kappa shape index (κ1) is 22.3. The van der Waals surface area contributed by atoms with Gasteiger partial charge in [-0.1, -0.05) is 41.9 Å². The van der Waals surface area contributed by atoms with E-state index in [2.05, 4.69) is 27.5 Å². The maximum atomic E-state index is 13.5. The molecule has 0 unspecified atom stereocenters. The monoisotopic (exact) mass is 491 g/mol. The third kappa shape index (κ3) is 3.78. The molecule has 0 fully saturated rings. The topological polar surface area (TPSA) is 89.2 Å². The lowest BCUT2D eigenvalue weighted by atomic mass is 10.1. The largest absolute Gasteiger partial charge is 0.340 e. The summed E-state index contributed by atoms with van der Waals surface area (Å²) >= 11 is 6.27. The van der Waals surface area contributed by atoms with Crippen molar-refractivity contribution < 1.29 is 8.42 Å². The molecule has 2 aromatic heterocycles. The molecular formula is C25H22ClN5O2S. The lowest BCUT2D eigenvalue weighted by Crippen LogP contribution is -2.06. The van der Waals surface area contributed by atoms with Crippen molar-refractivity contribution in [2.24, 2.45) is 0 Å². The zero-order chi connectivity index (χ0) is 24.0. The molecular weight excluding hydrogens is 470 g/mol. The summed E-state index contributed by atoms with van der Waals surface area (Å²) in [4.78, 5) is 4.82. The number of anilines is 2. The van der Waals surface area contributed by atoms with Gasteiger partial charge in [0, 0.05) is 16.1 Å². The number of aromatic nitrogens is 4. The van der Waals surface area contributed by atoms with E-state index in [0.29, 0.717) is 21.7 Å². The first-order chi connectivity index (χ1) is 16.3. The van der Waals surface area contributed by atoms with Crippen LogP contribution in [0.15, 0.2) is 70.6 Å². The summed E-state index contributed by atoms with van der Waals surface area (Å²) in [5, 5.41) is 12.5. The molecule has 0 aliphatic carbocycles. The fourth-order valence-corrected chi connectivity index (χ4v) is 5.28. The molecule has 34 heavy (non-hydrogen) atoms. The predicted octanol–water partition coefficient (Wildman–Crippen LogP) is 5.69. The van der Waals surface area contributed by atoms with Gasteiger partial charge in [-0.25, -0.2) is 13.4 Å². The van der Waals surface area contributed by atoms with Gasteiger partial charge in [-0.2, -0.15) is 4.52 Å². The summed E-state index contributed by atoms with van der Waals surface area (Å²) < 4.78 is 28.4. The Morgan fingerprint density at radius 1 is 0.971 bits per heavy atom. The first-order valence-corrected chi connectivity index (χ1v) is 12.7. The summed E-state index contributed by atoms with van der Waals surface area (Å²) in [7, 11) is -3.95. The first-order valence-electron chi connectivity index (χ1n) is 10.8. The van der Waals surface area contributed by atoms with Gasteiger partial charge >= 0.3 is 0 Å². The van der Waals surface area contributed by atoms with Gasteiger partial charge in [0.1, 0.15) is 5.82 Å². The molecule has 0 radical (unpaired) electrons. The van der Waals surface area contributed by atoms with Crippen LogP contribution in [0.2, 0.25) is 5.02 Å². The number of sulfone groups is 1. The van der Waals surface area contributed by atoms with Crippen LogP contribution in [0.4, 0.5) is 11.5 Å². The lowest BCUT2D eigenvalue weighted by molar-refractivity contribution is 0.592. The van der Waals surface area contributed by atoms with Crippen LogP contribution in [0.25, 0.3) is 16.6 Å². The molecule has 2 heterocycles. The third-order valence-corrected chi connectivity index (χ3v) is 7.83. The highest BCUT2D eigenvalue weighted by Crippen LogP contribution is 2.31. The third-order valence-electron chi connectivity index (χ3n) is 5.94. The Kier molecular flexibility index (Phi) is 5.50. The summed E-state index contributed by atoms with van der Waals surface area (Å²) in [5.41, 5.74) is 4.69. The zero-order valence-corrected chi connectivity index (χ0v) is 20.4. The standard InChI is InChI=1S/C25H22ClN5O2S/c1-4-17-6-9-19(10-7-17)27-23-21-14-18(26)8-12-22(21)31-24(28-23)25(29-30-31)34(32,33)20-11-5-15(2)16(3)13-20/h5-14H,4H2,1-3H3,(H,27,28). The number of hydrogen-bond acceptors (Lipinski definition) is 6. The minimum Gasteiger partial charge on any atom is -0.340 e. The Balaban J connectivity index is 1.72. The predicted molar refractivity (Wildman–Crippen MR) is 134 cm³/mol. The molecule has 0 aliphatic rings. The second-order valence-electron chi connectivity index (χ2n) is 8.18. The van der Waals surface area contributed by atoms with Gasteiger partial charge in [0.15, 0.2) is 5.65 Å². The van der Waals surface area contributed by atoms with E-state index in [-0.39, 0.29) is 15.6 Å². The Bertz CT molecular complexity index is 1660. The Labute approximate surface area is 202 Å². The highest BCUT2D eigenvalue weighted by atomic mass is 35.5. The maximum Gasteiger partial charge on any atom is 0.229 e. The van der Waals surface area contributed by atoms with Gasteiger partial charge in [0.2, 0.25) is 14.9 Å². The van der Waals surface area contributed by atoms with Crippen molar-refractivity contribution in [3.05, 3.63) is 82.4 Å². The number of benzene rings is 3. The second kappa shape index (κ2) is 8.38. The molecule has 3 aromatic carbocycles. The van der Waals surface area contributed by atoms with Crippen LogP contribution >= 0.6 is 11.6 Å². The van der Waals surface area contributed by atoms with Crippen molar-refractivity contribution >= 4 is 49.5 Å². The van der Waals surface area contributed by atoms with Crippen LogP contribution in [0, 0.1) is 13.8 Å². The molecule has 0 amide bonds. The molecule has 7 nitrogen and oxygen atoms in total. The van der Waals surface area contributed by atoms with Crippen molar-refractivity contribution in [1.82, 2.24) is 19.8 Å². The Morgan fingerprint density at radius 2 is 1.74 bits per heavy atom. The number of rotatable bonds is 5. The van der Waals surface area contributed by atoms with Crippen molar-refractivity contribution in [3.8, 4) is 0 Å². The van der Waals surface area contributed by atoms with Crippen LogP contribution in [0.3, 0.4) is 0 Å². The minimum atomic E-state index is -3.95. The van der Waals surface area contributed by atoms with Crippen LogP contribution < -0.4 is 5.32 Å². The van der Waals surface area contributed by atoms with Gasteiger partial charge in [0.05, 0.1) is 10.4 Å². The summed E-state index contributed by atoms with van der Waals surface area (Å²) in [6.07, 6.45) is 0.935. The fourth-order valence-electron chi connectivity index (χ4n) is 3.79. The smallest absolute Gasteiger partial charge is 0.229 e. The summed E-state index contributed by atoms with van der Waals surface area (Å²) in [6, 6.07) is 18.3. The second-order valence-corrected chi connectivity index (χ2v) is 10.5. The number of nitrogens with one attached hydrogen (secondary N) is 1. The van der Waals surface area contributed by atoms with Gasteiger partial charge < -0.3 is 5.32 Å². The normalized spacial score (nSPS) is 11.9. The number of aryl methyl sites for hydroxylation is 3. The zero-order valence-electron chi connectivity index (χ0n) is 18.9. The van der Waals surface area contributed by atoms with Gasteiger partial charge in [0.25, 0.3) is 0 Å². The van der Waals surface area contributed by atoms with E-state index in [4.69, 9.17) is 11.6 Å². The van der Waals surface area contributed by atoms with Crippen molar-refractivity contribution in [2.75, 3.05) is 5.32 Å². The summed E-state index contributed by atoms with van der Waals surface area (Å²) in [6.45, 7) is 5.90. The molecule has 5 rings (SSSR count). The fraction of sp³-hybridized carbons (Fsp3) is 0.160. The van der Waals surface area contributed by atoms with Crippen LogP contribution in [0.5, 0.6) is 0 Å². The highest BCUT2D eigenvalue weighted by molar-refractivity contribution is 7.91. The Morgan fingerprint density at radius 3 is 2.44 bits per heavy atom. The van der Waals surface area contributed by atoms with Crippen molar-refractivity contribution in [1.29, 1.82) is 0 Å². The van der Waals surface area contributed by atoms with Crippen molar-refractivity contribution in [3.63, 3.8) is 0 Å². The Hall–Kier alpha value is -3.49. The van der Waals surface area contributed by atoms with E-state index in [1.807, 2.05) is 38.1 Å². The lowest BCUT2D eigenvalue weighted by Gasteiger charge is -2.11. The van der Waals surface area contributed by atoms with E-state index in [1.165, 1.54) is 10.1 Å². The average Bonchev–Trinajstić information content (AvgIpc) is 3.26. The van der Waals surface area contributed by atoms with E-state index >= 15 is 0 Å². The number of halogens is 1. The van der Waals surface area contributed by atoms with Crippen LogP contribution in [0.1, 0.15) is 23.6 Å². The minimum absolute atomic E-state index is 0.140. The van der Waals surface area contributed by atoms with Gasteiger partial charge in [-0.05, 0) is 79.4 Å². The molecule has 0 bridgehead atoms. The molecule has 0 aliphatic heterocycles. The maximum absolute atomic E-state index is 13.5. The van der Waals surface area contributed by atoms with Crippen molar-refractivity contribution in [2.45, 2.75) is 37.1 Å². The quantitative estimate of drug-likeness (QED) is 0.340. The highest BCUT2D eigenvalue weighted by Gasteiger charge is 2.27. The average molecular weight is 492 g/mol. The number of hydrogen-bond donors (Lipinski definition) is 1. The molecule has 0 spiro atoms. The molecule has 5 aromatic rings. The van der Waals surface area contributed by atoms with E-state index in [0.717, 1.165) is 23.2 Å². The SMILES string of the molecule is CCc1ccc(Nc2nc3c(S(=O)(=O)c4ccc(C)c(C)c4)nnn3c3ccc(Cl)cc23)cc1. The molecule has 172 valence electrons. The molecule has 0 atom stereocenters. The summed E-state index contributed by atoms with van der Waals surface area (Å²) in [5.74, 6) is 0.466. The number of fused-ring (bicyclic) bond motifs is 3. The molecule has 0 saturated heterocycles. The van der Waals surface area contributed by atoms with Gasteiger partial charge in [-0.15, -0.1) is 5.10 Å². The van der Waals surface area contributed by atoms with E-state index in [1.54, 1.807) is 36.4 Å². The van der Waals surface area contributed by atoms with Gasteiger partial charge in [-0.3, -0.25) is 0 Å². The van der Waals surface area contributed by atoms with E-state index < -0.39 is 9.84 Å². The van der Waals surface area contributed by atoms with Crippen LogP contribution in [-0.2, 0) is 16.3 Å². The molecule has 9 heteroatoms. The molecule has 1 N–H and O–H groups in total. The number of nitrogens with zero attached hydrogens (tertiary/aromatic N) is 4. The van der Waals surface area contributed by atoms with Crippen LogP contribution in [-0.4, -0.2) is 28.2 Å².